The van der Waals surface area contributed by atoms with Crippen molar-refractivity contribution in [3.63, 3.8) is 0 Å². The third-order valence-corrected chi connectivity index (χ3v) is 4.39. The lowest BCUT2D eigenvalue weighted by Crippen LogP contribution is -2.31. The van der Waals surface area contributed by atoms with Gasteiger partial charge in [0, 0.05) is 30.8 Å². The van der Waals surface area contributed by atoms with Crippen LogP contribution < -0.4 is 10.1 Å². The molecule has 0 aliphatic heterocycles. The van der Waals surface area contributed by atoms with Crippen molar-refractivity contribution < 1.29 is 9.53 Å². The second-order valence-corrected chi connectivity index (χ2v) is 6.87. The van der Waals surface area contributed by atoms with Gasteiger partial charge in [-0.1, -0.05) is 12.1 Å². The van der Waals surface area contributed by atoms with Crippen LogP contribution in [0.1, 0.15) is 43.0 Å². The maximum atomic E-state index is 12.5. The van der Waals surface area contributed by atoms with E-state index in [2.05, 4.69) is 20.8 Å². The Morgan fingerprint density at radius 3 is 2.81 bits per heavy atom. The van der Waals surface area contributed by atoms with Gasteiger partial charge in [-0.05, 0) is 56.2 Å². The fourth-order valence-electron chi connectivity index (χ4n) is 3.18. The van der Waals surface area contributed by atoms with Crippen LogP contribution in [0.4, 0.5) is 0 Å². The molecule has 5 nitrogen and oxygen atoms in total. The Balaban J connectivity index is 2.05. The number of carbonyl (C=O) groups is 1. The molecule has 26 heavy (non-hydrogen) atoms. The van der Waals surface area contributed by atoms with Crippen LogP contribution >= 0.6 is 0 Å². The molecule has 1 N–H and O–H groups in total. The maximum Gasteiger partial charge on any atom is 0.221 e. The van der Waals surface area contributed by atoms with E-state index in [1.165, 1.54) is 0 Å². The van der Waals surface area contributed by atoms with Crippen LogP contribution in [0, 0.1) is 6.92 Å². The van der Waals surface area contributed by atoms with Crippen LogP contribution in [-0.4, -0.2) is 28.4 Å². The molecule has 0 saturated carbocycles. The molecule has 136 valence electrons. The number of hydrogen-bond acceptors (Lipinski definition) is 3. The molecule has 0 aliphatic rings. The zero-order valence-corrected chi connectivity index (χ0v) is 15.7. The van der Waals surface area contributed by atoms with Gasteiger partial charge in [0.05, 0.1) is 12.8 Å². The number of nitrogens with zero attached hydrogens (tertiary/aromatic N) is 2. The summed E-state index contributed by atoms with van der Waals surface area (Å²) in [6.45, 7) is 5.98. The monoisotopic (exact) mass is 351 g/mol. The third kappa shape index (κ3) is 3.87. The van der Waals surface area contributed by atoms with Crippen molar-refractivity contribution >= 4 is 11.6 Å². The van der Waals surface area contributed by atoms with Crippen molar-refractivity contribution in [3.8, 4) is 5.75 Å². The molecule has 0 bridgehead atoms. The highest BCUT2D eigenvalue weighted by molar-refractivity contribution is 5.77. The van der Waals surface area contributed by atoms with Crippen molar-refractivity contribution in [3.05, 3.63) is 65.6 Å². The molecular weight excluding hydrogens is 326 g/mol. The van der Waals surface area contributed by atoms with Gasteiger partial charge < -0.3 is 14.5 Å². The number of rotatable bonds is 6. The van der Waals surface area contributed by atoms with Crippen LogP contribution in [0.2, 0.25) is 0 Å². The second kappa shape index (κ2) is 7.60. The molecule has 3 rings (SSSR count). The van der Waals surface area contributed by atoms with E-state index in [1.54, 1.807) is 7.11 Å². The highest BCUT2D eigenvalue weighted by atomic mass is 16.5. The van der Waals surface area contributed by atoms with Gasteiger partial charge >= 0.3 is 0 Å². The van der Waals surface area contributed by atoms with Gasteiger partial charge in [-0.25, -0.2) is 4.98 Å². The van der Waals surface area contributed by atoms with Gasteiger partial charge in [0.15, 0.2) is 0 Å². The highest BCUT2D eigenvalue weighted by Crippen LogP contribution is 2.31. The van der Waals surface area contributed by atoms with E-state index in [0.29, 0.717) is 6.42 Å². The van der Waals surface area contributed by atoms with Gasteiger partial charge in [-0.15, -0.1) is 0 Å². The highest BCUT2D eigenvalue weighted by Gasteiger charge is 2.22. The minimum Gasteiger partial charge on any atom is -0.497 e. The van der Waals surface area contributed by atoms with Crippen molar-refractivity contribution in [2.24, 2.45) is 0 Å². The minimum absolute atomic E-state index is 0.0230. The van der Waals surface area contributed by atoms with Crippen LogP contribution in [0.15, 0.2) is 48.8 Å². The van der Waals surface area contributed by atoms with Crippen LogP contribution in [0.5, 0.6) is 5.75 Å². The van der Waals surface area contributed by atoms with E-state index < -0.39 is 0 Å². The standard InChI is InChI=1S/C21H25N3O2/c1-14(2)23-21(25)12-18(16-6-5-7-17(11-16)26-4)19-13-22-20-10-15(3)8-9-24(19)20/h5-11,13-14,18H,12H2,1-4H3,(H,23,25). The summed E-state index contributed by atoms with van der Waals surface area (Å²) in [5.74, 6) is 0.692. The number of hydrogen-bond donors (Lipinski definition) is 1. The molecule has 5 heteroatoms. The van der Waals surface area contributed by atoms with E-state index in [4.69, 9.17) is 4.74 Å². The molecular formula is C21H25N3O2. The largest absolute Gasteiger partial charge is 0.497 e. The minimum atomic E-state index is -0.110. The number of carbonyl (C=O) groups excluding carboxylic acids is 1. The second-order valence-electron chi connectivity index (χ2n) is 6.87. The molecule has 1 atom stereocenters. The molecule has 1 aromatic carbocycles. The molecule has 1 unspecified atom stereocenters. The smallest absolute Gasteiger partial charge is 0.221 e. The van der Waals surface area contributed by atoms with E-state index in [-0.39, 0.29) is 17.9 Å². The molecule has 0 aliphatic carbocycles. The molecule has 0 saturated heterocycles. The third-order valence-electron chi connectivity index (χ3n) is 4.39. The molecule has 0 radical (unpaired) electrons. The van der Waals surface area contributed by atoms with Gasteiger partial charge in [-0.3, -0.25) is 4.79 Å². The van der Waals surface area contributed by atoms with Crippen LogP contribution in [0.3, 0.4) is 0 Å². The summed E-state index contributed by atoms with van der Waals surface area (Å²) in [4.78, 5) is 17.0. The van der Waals surface area contributed by atoms with Crippen LogP contribution in [0.25, 0.3) is 5.65 Å². The lowest BCUT2D eigenvalue weighted by atomic mass is 9.92. The first-order valence-electron chi connectivity index (χ1n) is 8.85. The van der Waals surface area contributed by atoms with Gasteiger partial charge in [0.2, 0.25) is 5.91 Å². The van der Waals surface area contributed by atoms with E-state index in [0.717, 1.165) is 28.2 Å². The lowest BCUT2D eigenvalue weighted by molar-refractivity contribution is -0.121. The lowest BCUT2D eigenvalue weighted by Gasteiger charge is -2.19. The summed E-state index contributed by atoms with van der Waals surface area (Å²) < 4.78 is 7.43. The van der Waals surface area contributed by atoms with Crippen molar-refractivity contribution in [2.45, 2.75) is 39.2 Å². The number of nitrogens with one attached hydrogen (secondary N) is 1. The first-order chi connectivity index (χ1) is 12.5. The molecule has 3 aromatic rings. The van der Waals surface area contributed by atoms with E-state index in [9.17, 15) is 4.79 Å². The number of imidazole rings is 1. The summed E-state index contributed by atoms with van der Waals surface area (Å²) >= 11 is 0. The number of fused-ring (bicyclic) bond motifs is 1. The maximum absolute atomic E-state index is 12.5. The van der Waals surface area contributed by atoms with E-state index >= 15 is 0 Å². The number of amides is 1. The summed E-state index contributed by atoms with van der Waals surface area (Å²) in [5.41, 5.74) is 4.07. The predicted molar refractivity (Wildman–Crippen MR) is 103 cm³/mol. The Bertz CT molecular complexity index is 915. The Hall–Kier alpha value is -2.82. The molecule has 2 heterocycles. The van der Waals surface area contributed by atoms with Crippen molar-refractivity contribution in [2.75, 3.05) is 7.11 Å². The Morgan fingerprint density at radius 1 is 1.27 bits per heavy atom. The predicted octanol–water partition coefficient (Wildman–Crippen LogP) is 3.70. The zero-order chi connectivity index (χ0) is 18.7. The number of ether oxygens (including phenoxy) is 1. The quantitative estimate of drug-likeness (QED) is 0.737. The SMILES string of the molecule is COc1cccc(C(CC(=O)NC(C)C)c2cnc3cc(C)ccn23)c1. The fourth-order valence-corrected chi connectivity index (χ4v) is 3.18. The van der Waals surface area contributed by atoms with E-state index in [1.807, 2.05) is 63.5 Å². The number of aromatic nitrogens is 2. The average molecular weight is 351 g/mol. The van der Waals surface area contributed by atoms with Gasteiger partial charge in [0.25, 0.3) is 0 Å². The molecule has 0 fully saturated rings. The molecule has 1 amide bonds. The molecule has 0 spiro atoms. The zero-order valence-electron chi connectivity index (χ0n) is 15.7. The average Bonchev–Trinajstić information content (AvgIpc) is 3.01. The molecule has 2 aromatic heterocycles. The number of benzene rings is 1. The fraction of sp³-hybridized carbons (Fsp3) is 0.333. The van der Waals surface area contributed by atoms with Crippen molar-refractivity contribution in [1.29, 1.82) is 0 Å². The Labute approximate surface area is 154 Å². The van der Waals surface area contributed by atoms with Crippen LogP contribution in [-0.2, 0) is 4.79 Å². The summed E-state index contributed by atoms with van der Waals surface area (Å²) in [7, 11) is 1.65. The number of methoxy groups -OCH3 is 1. The number of pyridine rings is 1. The first-order valence-corrected chi connectivity index (χ1v) is 8.85. The number of aryl methyl sites for hydroxylation is 1. The first kappa shape index (κ1) is 18.0. The summed E-state index contributed by atoms with van der Waals surface area (Å²) in [6.07, 6.45) is 4.23. The summed E-state index contributed by atoms with van der Waals surface area (Å²) in [5, 5.41) is 2.99. The Morgan fingerprint density at radius 2 is 2.08 bits per heavy atom. The summed E-state index contributed by atoms with van der Waals surface area (Å²) in [6, 6.07) is 12.1. The Kier molecular flexibility index (Phi) is 5.26. The van der Waals surface area contributed by atoms with Gasteiger partial charge in [0.1, 0.15) is 11.4 Å². The van der Waals surface area contributed by atoms with Gasteiger partial charge in [-0.2, -0.15) is 0 Å². The normalized spacial score (nSPS) is 12.3. The van der Waals surface area contributed by atoms with Crippen molar-refractivity contribution in [1.82, 2.24) is 14.7 Å². The topological polar surface area (TPSA) is 55.6 Å².